The van der Waals surface area contributed by atoms with Gasteiger partial charge in [-0.25, -0.2) is 4.68 Å². The van der Waals surface area contributed by atoms with Gasteiger partial charge in [0.25, 0.3) is 5.91 Å². The van der Waals surface area contributed by atoms with E-state index < -0.39 is 0 Å². The zero-order valence-corrected chi connectivity index (χ0v) is 14.4. The number of hydrogen-bond donors (Lipinski definition) is 2. The summed E-state index contributed by atoms with van der Waals surface area (Å²) in [6, 6.07) is 9.55. The van der Waals surface area contributed by atoms with Crippen LogP contribution in [-0.2, 0) is 6.61 Å². The Morgan fingerprint density at radius 3 is 2.56 bits per heavy atom. The lowest BCUT2D eigenvalue weighted by Crippen LogP contribution is -2.14. The van der Waals surface area contributed by atoms with Crippen LogP contribution in [0.2, 0.25) is 0 Å². The highest BCUT2D eigenvalue weighted by Gasteiger charge is 2.15. The largest absolute Gasteiger partial charge is 0.392 e. The number of pyridine rings is 1. The van der Waals surface area contributed by atoms with E-state index in [2.05, 4.69) is 21.5 Å². The number of hydrogen-bond acceptors (Lipinski definition) is 4. The maximum atomic E-state index is 12.5. The number of nitrogens with zero attached hydrogens (tertiary/aromatic N) is 3. The average molecular weight is 336 g/mol. The normalized spacial score (nSPS) is 10.7. The molecule has 2 N–H and O–H groups in total. The van der Waals surface area contributed by atoms with Gasteiger partial charge in [-0.05, 0) is 56.2 Å². The van der Waals surface area contributed by atoms with Gasteiger partial charge < -0.3 is 10.4 Å². The summed E-state index contributed by atoms with van der Waals surface area (Å²) in [6.07, 6.45) is 3.08. The third-order valence-electron chi connectivity index (χ3n) is 3.90. The van der Waals surface area contributed by atoms with E-state index >= 15 is 0 Å². The van der Waals surface area contributed by atoms with Gasteiger partial charge in [-0.2, -0.15) is 5.10 Å². The van der Waals surface area contributed by atoms with Gasteiger partial charge in [-0.3, -0.25) is 9.78 Å². The van der Waals surface area contributed by atoms with E-state index in [-0.39, 0.29) is 12.5 Å². The first-order valence-corrected chi connectivity index (χ1v) is 7.98. The SMILES string of the molecule is Cc1cc(C)cc(-n2nc(C(=O)Nc3cnccc3CO)cc2C)c1. The Morgan fingerprint density at radius 2 is 1.88 bits per heavy atom. The molecule has 2 aromatic heterocycles. The summed E-state index contributed by atoms with van der Waals surface area (Å²) in [7, 11) is 0. The molecule has 0 spiro atoms. The number of amides is 1. The fourth-order valence-corrected chi connectivity index (χ4v) is 2.78. The number of nitrogens with one attached hydrogen (secondary N) is 1. The summed E-state index contributed by atoms with van der Waals surface area (Å²) < 4.78 is 1.76. The number of rotatable bonds is 4. The van der Waals surface area contributed by atoms with Crippen LogP contribution >= 0.6 is 0 Å². The van der Waals surface area contributed by atoms with E-state index in [0.29, 0.717) is 16.9 Å². The monoisotopic (exact) mass is 336 g/mol. The second kappa shape index (κ2) is 6.86. The van der Waals surface area contributed by atoms with Gasteiger partial charge in [0.05, 0.1) is 24.2 Å². The number of aliphatic hydroxyl groups is 1. The van der Waals surface area contributed by atoms with E-state index in [4.69, 9.17) is 0 Å². The van der Waals surface area contributed by atoms with Crippen LogP contribution in [-0.4, -0.2) is 25.8 Å². The molecule has 6 heteroatoms. The molecule has 0 saturated heterocycles. The number of anilines is 1. The average Bonchev–Trinajstić information content (AvgIpc) is 2.96. The summed E-state index contributed by atoms with van der Waals surface area (Å²) in [5.41, 5.74) is 5.46. The van der Waals surface area contributed by atoms with Crippen LogP contribution < -0.4 is 5.32 Å². The molecule has 0 unspecified atom stereocenters. The molecule has 0 atom stereocenters. The van der Waals surface area contributed by atoms with Gasteiger partial charge in [0, 0.05) is 17.5 Å². The van der Waals surface area contributed by atoms with Crippen molar-refractivity contribution in [2.24, 2.45) is 0 Å². The minimum absolute atomic E-state index is 0.172. The molecule has 25 heavy (non-hydrogen) atoms. The van der Waals surface area contributed by atoms with Gasteiger partial charge in [0.2, 0.25) is 0 Å². The molecule has 6 nitrogen and oxygen atoms in total. The topological polar surface area (TPSA) is 80.0 Å². The predicted octanol–water partition coefficient (Wildman–Crippen LogP) is 2.94. The molecule has 2 heterocycles. The van der Waals surface area contributed by atoms with E-state index in [1.807, 2.05) is 32.9 Å². The Hall–Kier alpha value is -2.99. The minimum Gasteiger partial charge on any atom is -0.392 e. The summed E-state index contributed by atoms with van der Waals surface area (Å²) in [6.45, 7) is 5.79. The lowest BCUT2D eigenvalue weighted by Gasteiger charge is -2.08. The lowest BCUT2D eigenvalue weighted by atomic mass is 10.1. The molecule has 3 aromatic rings. The first-order valence-electron chi connectivity index (χ1n) is 7.98. The molecule has 0 aliphatic rings. The molecule has 0 radical (unpaired) electrons. The van der Waals surface area contributed by atoms with Crippen LogP contribution in [0.15, 0.2) is 42.7 Å². The van der Waals surface area contributed by atoms with Crippen molar-refractivity contribution in [3.63, 3.8) is 0 Å². The molecular weight excluding hydrogens is 316 g/mol. The van der Waals surface area contributed by atoms with Crippen molar-refractivity contribution in [2.45, 2.75) is 27.4 Å². The zero-order valence-electron chi connectivity index (χ0n) is 14.4. The van der Waals surface area contributed by atoms with Crippen molar-refractivity contribution >= 4 is 11.6 Å². The molecule has 3 rings (SSSR count). The standard InChI is InChI=1S/C19H20N4O2/c1-12-6-13(2)8-16(7-12)23-14(3)9-17(22-23)19(25)21-18-10-20-5-4-15(18)11-24/h4-10,24H,11H2,1-3H3,(H,21,25). The molecule has 0 saturated carbocycles. The van der Waals surface area contributed by atoms with Crippen LogP contribution in [0.3, 0.4) is 0 Å². The van der Waals surface area contributed by atoms with Crippen molar-refractivity contribution in [1.82, 2.24) is 14.8 Å². The Morgan fingerprint density at radius 1 is 1.16 bits per heavy atom. The molecule has 0 bridgehead atoms. The van der Waals surface area contributed by atoms with Crippen LogP contribution in [0.4, 0.5) is 5.69 Å². The fraction of sp³-hybridized carbons (Fsp3) is 0.211. The zero-order chi connectivity index (χ0) is 18.0. The highest BCUT2D eigenvalue weighted by molar-refractivity contribution is 6.03. The Kier molecular flexibility index (Phi) is 4.63. The lowest BCUT2D eigenvalue weighted by molar-refractivity contribution is 0.102. The minimum atomic E-state index is -0.339. The number of aromatic nitrogens is 3. The number of carbonyl (C=O) groups excluding carboxylic acids is 1. The number of benzene rings is 1. The van der Waals surface area contributed by atoms with Crippen LogP contribution in [0.1, 0.15) is 32.9 Å². The smallest absolute Gasteiger partial charge is 0.276 e. The van der Waals surface area contributed by atoms with Crippen molar-refractivity contribution in [3.05, 3.63) is 70.8 Å². The van der Waals surface area contributed by atoms with Crippen molar-refractivity contribution in [1.29, 1.82) is 0 Å². The van der Waals surface area contributed by atoms with Crippen molar-refractivity contribution < 1.29 is 9.90 Å². The second-order valence-electron chi connectivity index (χ2n) is 6.07. The van der Waals surface area contributed by atoms with Gasteiger partial charge in [-0.15, -0.1) is 0 Å². The molecule has 1 amide bonds. The fourth-order valence-electron chi connectivity index (χ4n) is 2.78. The van der Waals surface area contributed by atoms with Crippen LogP contribution in [0, 0.1) is 20.8 Å². The van der Waals surface area contributed by atoms with Gasteiger partial charge in [0.15, 0.2) is 5.69 Å². The van der Waals surface area contributed by atoms with Crippen molar-refractivity contribution in [2.75, 3.05) is 5.32 Å². The quantitative estimate of drug-likeness (QED) is 0.768. The summed E-state index contributed by atoms with van der Waals surface area (Å²) >= 11 is 0. The maximum absolute atomic E-state index is 12.5. The molecule has 0 aliphatic heterocycles. The maximum Gasteiger partial charge on any atom is 0.276 e. The summed E-state index contributed by atoms with van der Waals surface area (Å²) in [5.74, 6) is -0.339. The third kappa shape index (κ3) is 3.59. The van der Waals surface area contributed by atoms with Gasteiger partial charge in [0.1, 0.15) is 0 Å². The molecule has 0 aliphatic carbocycles. The van der Waals surface area contributed by atoms with E-state index in [1.54, 1.807) is 23.0 Å². The van der Waals surface area contributed by atoms with Crippen molar-refractivity contribution in [3.8, 4) is 5.69 Å². The van der Waals surface area contributed by atoms with Crippen LogP contribution in [0.25, 0.3) is 5.69 Å². The van der Waals surface area contributed by atoms with Gasteiger partial charge in [-0.1, -0.05) is 6.07 Å². The Bertz CT molecular complexity index is 911. The van der Waals surface area contributed by atoms with E-state index in [9.17, 15) is 9.90 Å². The molecular formula is C19H20N4O2. The second-order valence-corrected chi connectivity index (χ2v) is 6.07. The number of aryl methyl sites for hydroxylation is 3. The highest BCUT2D eigenvalue weighted by Crippen LogP contribution is 2.18. The van der Waals surface area contributed by atoms with E-state index in [0.717, 1.165) is 22.5 Å². The Balaban J connectivity index is 1.90. The first kappa shape index (κ1) is 16.9. The molecule has 0 fully saturated rings. The predicted molar refractivity (Wildman–Crippen MR) is 95.9 cm³/mol. The number of aliphatic hydroxyl groups excluding tert-OH is 1. The Labute approximate surface area is 146 Å². The van der Waals surface area contributed by atoms with Gasteiger partial charge >= 0.3 is 0 Å². The van der Waals surface area contributed by atoms with Crippen LogP contribution in [0.5, 0.6) is 0 Å². The summed E-state index contributed by atoms with van der Waals surface area (Å²) in [4.78, 5) is 16.5. The third-order valence-corrected chi connectivity index (χ3v) is 3.90. The highest BCUT2D eigenvalue weighted by atomic mass is 16.3. The summed E-state index contributed by atoms with van der Waals surface area (Å²) in [5, 5.41) is 16.5. The molecule has 128 valence electrons. The molecule has 1 aromatic carbocycles. The first-order chi connectivity index (χ1) is 12.0. The van der Waals surface area contributed by atoms with E-state index in [1.165, 1.54) is 6.20 Å². The number of carbonyl (C=O) groups is 1.